The van der Waals surface area contributed by atoms with Gasteiger partial charge in [0.15, 0.2) is 12.0 Å². The summed E-state index contributed by atoms with van der Waals surface area (Å²) in [6.45, 7) is -0.496. The summed E-state index contributed by atoms with van der Waals surface area (Å²) in [4.78, 5) is 16.0. The van der Waals surface area contributed by atoms with Gasteiger partial charge in [-0.3, -0.25) is 15.3 Å². The van der Waals surface area contributed by atoms with Crippen LogP contribution in [0, 0.1) is 0 Å². The fraction of sp³-hybridized carbons (Fsp3) is 0.375. The Hall–Kier alpha value is -2.30. The predicted octanol–water partition coefficient (Wildman–Crippen LogP) is -0.753. The van der Waals surface area contributed by atoms with E-state index in [0.717, 1.165) is 10.1 Å². The first-order chi connectivity index (χ1) is 12.0. The molecule has 2 heterocycles. The van der Waals surface area contributed by atoms with E-state index in [2.05, 4.69) is 4.98 Å². The molecule has 1 aromatic heterocycles. The maximum Gasteiger partial charge on any atom is 0.351 e. The molecule has 0 amide bonds. The van der Waals surface area contributed by atoms with Crippen molar-refractivity contribution >= 4 is 5.82 Å². The molecule has 0 spiro atoms. The van der Waals surface area contributed by atoms with Crippen LogP contribution in [0.15, 0.2) is 41.3 Å². The molecular weight excluding hydrogens is 330 g/mol. The highest BCUT2D eigenvalue weighted by Crippen LogP contribution is 2.29. The summed E-state index contributed by atoms with van der Waals surface area (Å²) in [5.41, 5.74) is 2.54. The molecule has 0 saturated carbocycles. The van der Waals surface area contributed by atoms with Crippen molar-refractivity contribution in [2.75, 3.05) is 12.1 Å². The molecule has 3 rings (SSSR count). The lowest BCUT2D eigenvalue weighted by molar-refractivity contribution is -0.0550. The minimum Gasteiger partial charge on any atom is -0.394 e. The Morgan fingerprint density at radius 1 is 1.20 bits per heavy atom. The van der Waals surface area contributed by atoms with Crippen LogP contribution in [0.5, 0.6) is 0 Å². The van der Waals surface area contributed by atoms with Crippen molar-refractivity contribution in [3.63, 3.8) is 0 Å². The molecule has 1 aliphatic heterocycles. The van der Waals surface area contributed by atoms with Gasteiger partial charge in [0.25, 0.3) is 0 Å². The van der Waals surface area contributed by atoms with Gasteiger partial charge >= 0.3 is 5.69 Å². The molecule has 134 valence electrons. The van der Waals surface area contributed by atoms with E-state index >= 15 is 0 Å². The number of nitrogens with one attached hydrogen (secondary N) is 1. The number of aliphatic hydroxyl groups is 3. The molecule has 0 bridgehead atoms. The lowest BCUT2D eigenvalue weighted by atomic mass is 10.1. The largest absolute Gasteiger partial charge is 0.394 e. The molecule has 2 aromatic rings. The molecule has 9 nitrogen and oxygen atoms in total. The monoisotopic (exact) mass is 349 g/mol. The highest BCUT2D eigenvalue weighted by Gasteiger charge is 2.43. The smallest absolute Gasteiger partial charge is 0.351 e. The third kappa shape index (κ3) is 3.41. The normalized spacial score (nSPS) is 25.9. The van der Waals surface area contributed by atoms with E-state index < -0.39 is 36.8 Å². The van der Waals surface area contributed by atoms with Gasteiger partial charge in [-0.15, -0.1) is 0 Å². The molecule has 4 atom stereocenters. The maximum absolute atomic E-state index is 12.2. The highest BCUT2D eigenvalue weighted by atomic mass is 16.6. The lowest BCUT2D eigenvalue weighted by Gasteiger charge is -2.19. The van der Waals surface area contributed by atoms with Crippen LogP contribution in [0.1, 0.15) is 17.4 Å². The zero-order valence-electron chi connectivity index (χ0n) is 13.2. The maximum atomic E-state index is 12.2. The van der Waals surface area contributed by atoms with Crippen molar-refractivity contribution in [1.29, 1.82) is 0 Å². The molecule has 1 aliphatic rings. The minimum atomic E-state index is -1.39. The predicted molar refractivity (Wildman–Crippen MR) is 86.2 cm³/mol. The second-order valence-electron chi connectivity index (χ2n) is 5.81. The third-order valence-corrected chi connectivity index (χ3v) is 4.16. The highest BCUT2D eigenvalue weighted by molar-refractivity contribution is 5.43. The van der Waals surface area contributed by atoms with Crippen LogP contribution in [0.3, 0.4) is 0 Å². The van der Waals surface area contributed by atoms with Gasteiger partial charge in [0, 0.05) is 18.2 Å². The summed E-state index contributed by atoms with van der Waals surface area (Å²) in [5, 5.41) is 38.4. The van der Waals surface area contributed by atoms with E-state index in [0.29, 0.717) is 12.0 Å². The summed E-state index contributed by atoms with van der Waals surface area (Å²) in [7, 11) is 0. The standard InChI is InChI=1S/C16H19N3O6/c20-8-11-12(21)13(22)15(25-11)19-7-10(14(18-24)17-16(19)23)6-9-4-2-1-3-5-9/h1-5,7,11-13,15,20-22,24H,6,8H2,(H,17,18,23)/t11-,12-,13-,15-/m1/s1. The Kier molecular flexibility index (Phi) is 5.11. The quantitative estimate of drug-likeness (QED) is 0.445. The van der Waals surface area contributed by atoms with Crippen LogP contribution < -0.4 is 11.2 Å². The van der Waals surface area contributed by atoms with Gasteiger partial charge in [-0.1, -0.05) is 30.3 Å². The number of aliphatic hydroxyl groups excluding tert-OH is 3. The summed E-state index contributed by atoms with van der Waals surface area (Å²) < 4.78 is 6.42. The third-order valence-electron chi connectivity index (χ3n) is 4.16. The minimum absolute atomic E-state index is 0.00292. The van der Waals surface area contributed by atoms with Gasteiger partial charge in [0.2, 0.25) is 0 Å². The van der Waals surface area contributed by atoms with Crippen LogP contribution in [-0.4, -0.2) is 55.0 Å². The first-order valence-corrected chi connectivity index (χ1v) is 7.73. The summed E-state index contributed by atoms with van der Waals surface area (Å²) in [6, 6.07) is 9.34. The van der Waals surface area contributed by atoms with Crippen molar-refractivity contribution in [2.24, 2.45) is 0 Å². The van der Waals surface area contributed by atoms with E-state index in [4.69, 9.17) is 4.74 Å². The van der Waals surface area contributed by atoms with Crippen LogP contribution in [0.25, 0.3) is 0 Å². The summed E-state index contributed by atoms with van der Waals surface area (Å²) in [5.74, 6) is -0.00292. The number of hydrogen-bond acceptors (Lipinski definition) is 8. The fourth-order valence-electron chi connectivity index (χ4n) is 2.84. The van der Waals surface area contributed by atoms with Crippen molar-refractivity contribution in [2.45, 2.75) is 31.0 Å². The van der Waals surface area contributed by atoms with Gasteiger partial charge < -0.3 is 20.1 Å². The Morgan fingerprint density at radius 2 is 1.92 bits per heavy atom. The van der Waals surface area contributed by atoms with Gasteiger partial charge in [-0.25, -0.2) is 4.79 Å². The average Bonchev–Trinajstić information content (AvgIpc) is 2.92. The van der Waals surface area contributed by atoms with E-state index in [1.165, 1.54) is 6.20 Å². The van der Waals surface area contributed by atoms with E-state index in [-0.39, 0.29) is 5.82 Å². The number of anilines is 1. The molecular formula is C16H19N3O6. The topological polar surface area (TPSA) is 137 Å². The van der Waals surface area contributed by atoms with Crippen LogP contribution >= 0.6 is 0 Å². The number of rotatable bonds is 5. The van der Waals surface area contributed by atoms with Gasteiger partial charge in [-0.2, -0.15) is 4.98 Å². The van der Waals surface area contributed by atoms with E-state index in [1.807, 2.05) is 35.8 Å². The molecule has 1 saturated heterocycles. The lowest BCUT2D eigenvalue weighted by Crippen LogP contribution is -2.36. The molecule has 1 fully saturated rings. The Bertz CT molecular complexity index is 781. The van der Waals surface area contributed by atoms with Crippen LogP contribution in [-0.2, 0) is 11.2 Å². The number of benzene rings is 1. The number of hydrogen-bond donors (Lipinski definition) is 5. The second kappa shape index (κ2) is 7.30. The molecule has 5 N–H and O–H groups in total. The van der Waals surface area contributed by atoms with Crippen molar-refractivity contribution in [3.8, 4) is 0 Å². The zero-order valence-corrected chi connectivity index (χ0v) is 13.2. The first-order valence-electron chi connectivity index (χ1n) is 7.73. The van der Waals surface area contributed by atoms with Crippen molar-refractivity contribution < 1.29 is 25.3 Å². The van der Waals surface area contributed by atoms with Gasteiger partial charge in [0.1, 0.15) is 18.3 Å². The summed E-state index contributed by atoms with van der Waals surface area (Å²) in [6.07, 6.45) is -3.13. The molecule has 25 heavy (non-hydrogen) atoms. The number of aromatic nitrogens is 2. The zero-order chi connectivity index (χ0) is 18.0. The van der Waals surface area contributed by atoms with E-state index in [9.17, 15) is 25.3 Å². The van der Waals surface area contributed by atoms with Crippen LogP contribution in [0.4, 0.5) is 5.82 Å². The fourth-order valence-corrected chi connectivity index (χ4v) is 2.84. The molecule has 1 aromatic carbocycles. The van der Waals surface area contributed by atoms with Gasteiger partial charge in [-0.05, 0) is 5.56 Å². The Balaban J connectivity index is 1.98. The Labute approximate surface area is 142 Å². The molecule has 0 unspecified atom stereocenters. The molecule has 9 heteroatoms. The molecule has 0 aliphatic carbocycles. The number of ether oxygens (including phenoxy) is 1. The molecule has 0 radical (unpaired) electrons. The van der Waals surface area contributed by atoms with Gasteiger partial charge in [0.05, 0.1) is 6.61 Å². The van der Waals surface area contributed by atoms with E-state index in [1.54, 1.807) is 0 Å². The van der Waals surface area contributed by atoms with Crippen LogP contribution in [0.2, 0.25) is 0 Å². The average molecular weight is 349 g/mol. The van der Waals surface area contributed by atoms with Crippen molar-refractivity contribution in [1.82, 2.24) is 9.55 Å². The SMILES string of the molecule is O=c1nc(NO)c(Cc2ccccc2)cn1[C@@H]1O[C@H](CO)[C@@H](O)[C@H]1O. The van der Waals surface area contributed by atoms with Crippen molar-refractivity contribution in [3.05, 3.63) is 58.1 Å². The summed E-state index contributed by atoms with van der Waals surface area (Å²) >= 11 is 0. The first kappa shape index (κ1) is 17.5. The Morgan fingerprint density at radius 3 is 2.52 bits per heavy atom. The number of nitrogens with zero attached hydrogens (tertiary/aromatic N) is 2. The second-order valence-corrected chi connectivity index (χ2v) is 5.81.